The average molecular weight is 323 g/mol. The van der Waals surface area contributed by atoms with Crippen LogP contribution in [0.1, 0.15) is 31.9 Å². The van der Waals surface area contributed by atoms with Gasteiger partial charge < -0.3 is 15.5 Å². The predicted octanol–water partition coefficient (Wildman–Crippen LogP) is 1.81. The molecule has 0 bridgehead atoms. The Kier molecular flexibility index (Phi) is 4.40. The van der Waals surface area contributed by atoms with Crippen molar-refractivity contribution in [1.82, 2.24) is 5.32 Å². The zero-order valence-corrected chi connectivity index (χ0v) is 12.7. The molecule has 1 saturated carbocycles. The maximum atomic E-state index is 13.0. The van der Waals surface area contributed by atoms with Gasteiger partial charge in [-0.25, -0.2) is 4.39 Å². The van der Waals surface area contributed by atoms with E-state index in [2.05, 4.69) is 5.32 Å². The molecule has 0 aromatic heterocycles. The molecule has 3 atom stereocenters. The lowest BCUT2D eigenvalue weighted by molar-refractivity contribution is -0.141. The maximum Gasteiger partial charge on any atom is 0.307 e. The largest absolute Gasteiger partial charge is 0.481 e. The van der Waals surface area contributed by atoms with E-state index in [1.807, 2.05) is 0 Å². The fraction of sp³-hybridized carbons (Fsp3) is 0.438. The van der Waals surface area contributed by atoms with Gasteiger partial charge in [-0.05, 0) is 23.1 Å². The van der Waals surface area contributed by atoms with Crippen LogP contribution in [0.4, 0.5) is 4.39 Å². The monoisotopic (exact) mass is 323 g/mol. The van der Waals surface area contributed by atoms with Gasteiger partial charge in [0.15, 0.2) is 0 Å². The molecule has 0 radical (unpaired) electrons. The molecule has 1 aliphatic rings. The average Bonchev–Trinajstić information content (AvgIpc) is 3.01. The first kappa shape index (κ1) is 16.9. The lowest BCUT2D eigenvalue weighted by atomic mass is 10.0. The molecule has 1 aromatic rings. The van der Waals surface area contributed by atoms with E-state index in [9.17, 15) is 18.8 Å². The van der Waals surface area contributed by atoms with Crippen molar-refractivity contribution in [3.05, 3.63) is 35.6 Å². The molecule has 7 heteroatoms. The van der Waals surface area contributed by atoms with Crippen LogP contribution in [0.5, 0.6) is 0 Å². The summed E-state index contributed by atoms with van der Waals surface area (Å²) in [4.78, 5) is 34.5. The molecular formula is C16H18FNO5. The lowest BCUT2D eigenvalue weighted by Gasteiger charge is -2.18. The van der Waals surface area contributed by atoms with Crippen molar-refractivity contribution in [2.45, 2.75) is 26.3 Å². The second-order valence-corrected chi connectivity index (χ2v) is 6.33. The van der Waals surface area contributed by atoms with Crippen LogP contribution in [0.2, 0.25) is 0 Å². The minimum Gasteiger partial charge on any atom is -0.481 e. The number of halogens is 1. The zero-order valence-electron chi connectivity index (χ0n) is 12.7. The Morgan fingerprint density at radius 2 is 1.74 bits per heavy atom. The Bertz CT molecular complexity index is 640. The second kappa shape index (κ2) is 5.98. The third-order valence-electron chi connectivity index (χ3n) is 4.34. The standard InChI is InChI=1S/C16H18FNO5/c1-16(2)12(13(16)15(22)23)14(21)18-10(7-11(19)20)8-3-5-9(17)6-4-8/h3-6,10,12-13H,7H2,1-2H3,(H,18,21)(H,19,20)(H,22,23)/t10-,12-,13-/m1/s1. The molecule has 0 heterocycles. The Balaban J connectivity index is 2.15. The number of hydrogen-bond donors (Lipinski definition) is 3. The summed E-state index contributed by atoms with van der Waals surface area (Å²) in [6.45, 7) is 3.36. The van der Waals surface area contributed by atoms with Gasteiger partial charge in [-0.1, -0.05) is 26.0 Å². The number of nitrogens with one attached hydrogen (secondary N) is 1. The highest BCUT2D eigenvalue weighted by molar-refractivity contribution is 5.92. The first-order valence-electron chi connectivity index (χ1n) is 7.15. The molecular weight excluding hydrogens is 305 g/mol. The molecule has 1 amide bonds. The first-order chi connectivity index (χ1) is 10.6. The van der Waals surface area contributed by atoms with Gasteiger partial charge in [0.1, 0.15) is 5.82 Å². The summed E-state index contributed by atoms with van der Waals surface area (Å²) >= 11 is 0. The van der Waals surface area contributed by atoms with Gasteiger partial charge in [-0.15, -0.1) is 0 Å². The molecule has 0 spiro atoms. The predicted molar refractivity (Wildman–Crippen MR) is 77.9 cm³/mol. The van der Waals surface area contributed by atoms with E-state index >= 15 is 0 Å². The van der Waals surface area contributed by atoms with Crippen molar-refractivity contribution in [1.29, 1.82) is 0 Å². The smallest absolute Gasteiger partial charge is 0.307 e. The highest BCUT2D eigenvalue weighted by Crippen LogP contribution is 2.58. The molecule has 0 aliphatic heterocycles. The van der Waals surface area contributed by atoms with Crippen molar-refractivity contribution >= 4 is 17.8 Å². The Morgan fingerprint density at radius 3 is 2.17 bits per heavy atom. The summed E-state index contributed by atoms with van der Waals surface area (Å²) in [5.41, 5.74) is -0.223. The molecule has 0 saturated heterocycles. The third kappa shape index (κ3) is 3.49. The van der Waals surface area contributed by atoms with E-state index in [4.69, 9.17) is 10.2 Å². The number of carbonyl (C=O) groups excluding carboxylic acids is 1. The molecule has 2 rings (SSSR count). The number of benzene rings is 1. The number of carboxylic acids is 2. The number of aliphatic carboxylic acids is 2. The fourth-order valence-electron chi connectivity index (χ4n) is 2.97. The Hall–Kier alpha value is -2.44. The van der Waals surface area contributed by atoms with Gasteiger partial charge in [0.25, 0.3) is 0 Å². The SMILES string of the molecule is CC1(C)[C@@H](C(=O)O)[C@@H]1C(=O)N[C@H](CC(=O)O)c1ccc(F)cc1. The van der Waals surface area contributed by atoms with Gasteiger partial charge in [-0.3, -0.25) is 14.4 Å². The van der Waals surface area contributed by atoms with E-state index in [0.29, 0.717) is 5.56 Å². The molecule has 3 N–H and O–H groups in total. The summed E-state index contributed by atoms with van der Waals surface area (Å²) in [7, 11) is 0. The molecule has 1 aliphatic carbocycles. The lowest BCUT2D eigenvalue weighted by Crippen LogP contribution is -2.32. The van der Waals surface area contributed by atoms with E-state index in [1.54, 1.807) is 13.8 Å². The summed E-state index contributed by atoms with van der Waals surface area (Å²) in [5.74, 6) is -4.64. The molecule has 1 aromatic carbocycles. The van der Waals surface area contributed by atoms with Crippen LogP contribution < -0.4 is 5.32 Å². The van der Waals surface area contributed by atoms with Crippen molar-refractivity contribution in [3.8, 4) is 0 Å². The van der Waals surface area contributed by atoms with Crippen LogP contribution in [0.3, 0.4) is 0 Å². The van der Waals surface area contributed by atoms with Crippen LogP contribution >= 0.6 is 0 Å². The van der Waals surface area contributed by atoms with E-state index in [1.165, 1.54) is 24.3 Å². The van der Waals surface area contributed by atoms with E-state index in [0.717, 1.165) is 0 Å². The Labute approximate surface area is 132 Å². The number of hydrogen-bond acceptors (Lipinski definition) is 3. The van der Waals surface area contributed by atoms with Crippen molar-refractivity contribution < 1.29 is 29.0 Å². The molecule has 124 valence electrons. The van der Waals surface area contributed by atoms with E-state index in [-0.39, 0.29) is 6.42 Å². The van der Waals surface area contributed by atoms with Crippen LogP contribution in [0.25, 0.3) is 0 Å². The van der Waals surface area contributed by atoms with Crippen LogP contribution in [-0.2, 0) is 14.4 Å². The quantitative estimate of drug-likeness (QED) is 0.741. The minimum atomic E-state index is -1.12. The fourth-order valence-corrected chi connectivity index (χ4v) is 2.97. The summed E-state index contributed by atoms with van der Waals surface area (Å²) < 4.78 is 13.0. The molecule has 6 nitrogen and oxygen atoms in total. The van der Waals surface area contributed by atoms with Crippen molar-refractivity contribution in [2.75, 3.05) is 0 Å². The van der Waals surface area contributed by atoms with Crippen LogP contribution in [-0.4, -0.2) is 28.1 Å². The van der Waals surface area contributed by atoms with Gasteiger partial charge in [0.05, 0.1) is 24.3 Å². The van der Waals surface area contributed by atoms with E-state index < -0.39 is 47.0 Å². The Morgan fingerprint density at radius 1 is 1.17 bits per heavy atom. The highest BCUT2D eigenvalue weighted by atomic mass is 19.1. The normalized spacial score (nSPS) is 22.9. The number of amides is 1. The highest BCUT2D eigenvalue weighted by Gasteiger charge is 2.66. The maximum absolute atomic E-state index is 13.0. The molecule has 23 heavy (non-hydrogen) atoms. The zero-order chi connectivity index (χ0) is 17.4. The summed E-state index contributed by atoms with van der Waals surface area (Å²) in [5, 5.41) is 20.7. The number of carboxylic acid groups (broad SMARTS) is 2. The third-order valence-corrected chi connectivity index (χ3v) is 4.34. The summed E-state index contributed by atoms with van der Waals surface area (Å²) in [6, 6.07) is 4.31. The van der Waals surface area contributed by atoms with Gasteiger partial charge in [0.2, 0.25) is 5.91 Å². The van der Waals surface area contributed by atoms with Crippen LogP contribution in [0, 0.1) is 23.1 Å². The van der Waals surface area contributed by atoms with Gasteiger partial charge >= 0.3 is 11.9 Å². The van der Waals surface area contributed by atoms with Crippen LogP contribution in [0.15, 0.2) is 24.3 Å². The summed E-state index contributed by atoms with van der Waals surface area (Å²) in [6.07, 6.45) is -0.373. The van der Waals surface area contributed by atoms with Gasteiger partial charge in [-0.2, -0.15) is 0 Å². The molecule has 1 fully saturated rings. The van der Waals surface area contributed by atoms with Gasteiger partial charge in [0, 0.05) is 0 Å². The number of rotatable bonds is 6. The van der Waals surface area contributed by atoms with Crippen molar-refractivity contribution in [3.63, 3.8) is 0 Å². The van der Waals surface area contributed by atoms with Crippen molar-refractivity contribution in [2.24, 2.45) is 17.3 Å². The first-order valence-corrected chi connectivity index (χ1v) is 7.15. The topological polar surface area (TPSA) is 104 Å². The number of carbonyl (C=O) groups is 3. The minimum absolute atomic E-state index is 0.373. The molecule has 0 unspecified atom stereocenters. The second-order valence-electron chi connectivity index (χ2n) is 6.33.